The van der Waals surface area contributed by atoms with Crippen molar-refractivity contribution < 1.29 is 0 Å². The highest BCUT2D eigenvalue weighted by atomic mass is 32.1. The van der Waals surface area contributed by atoms with E-state index in [4.69, 9.17) is 0 Å². The van der Waals surface area contributed by atoms with Crippen LogP contribution in [0.4, 0.5) is 0 Å². The van der Waals surface area contributed by atoms with Crippen molar-refractivity contribution in [1.29, 1.82) is 0 Å². The summed E-state index contributed by atoms with van der Waals surface area (Å²) in [5, 5.41) is 10.3. The summed E-state index contributed by atoms with van der Waals surface area (Å²) < 4.78 is 0. The maximum absolute atomic E-state index is 4.39. The lowest BCUT2D eigenvalue weighted by molar-refractivity contribution is 0.307. The third-order valence-corrected chi connectivity index (χ3v) is 4.30. The third kappa shape index (κ3) is 3.03. The number of hydrogen-bond acceptors (Lipinski definition) is 4. The molecule has 16 heavy (non-hydrogen) atoms. The number of rotatable bonds is 4. The fourth-order valence-corrected chi connectivity index (χ4v) is 2.84. The predicted molar refractivity (Wildman–Crippen MR) is 68.7 cm³/mol. The largest absolute Gasteiger partial charge is 0.316 e. The SMILES string of the molecule is CC(C)(NCC1CCCNC1)c1nccs1. The van der Waals surface area contributed by atoms with Crippen LogP contribution in [0.2, 0.25) is 0 Å². The highest BCUT2D eigenvalue weighted by Crippen LogP contribution is 2.22. The number of nitrogens with zero attached hydrogens (tertiary/aromatic N) is 1. The zero-order chi connectivity index (χ0) is 11.4. The summed E-state index contributed by atoms with van der Waals surface area (Å²) in [4.78, 5) is 4.39. The molecule has 2 heterocycles. The van der Waals surface area contributed by atoms with Crippen molar-refractivity contribution in [2.75, 3.05) is 19.6 Å². The Kier molecular flexibility index (Phi) is 3.95. The van der Waals surface area contributed by atoms with E-state index in [-0.39, 0.29) is 5.54 Å². The van der Waals surface area contributed by atoms with E-state index in [1.807, 2.05) is 11.6 Å². The van der Waals surface area contributed by atoms with Crippen molar-refractivity contribution in [3.05, 3.63) is 16.6 Å². The van der Waals surface area contributed by atoms with E-state index in [0.717, 1.165) is 19.0 Å². The number of nitrogens with one attached hydrogen (secondary N) is 2. The van der Waals surface area contributed by atoms with Crippen molar-refractivity contribution in [2.45, 2.75) is 32.2 Å². The van der Waals surface area contributed by atoms with E-state index in [1.54, 1.807) is 11.3 Å². The molecular weight excluding hydrogens is 218 g/mol. The Hall–Kier alpha value is -0.450. The average Bonchev–Trinajstić information content (AvgIpc) is 2.82. The summed E-state index contributed by atoms with van der Waals surface area (Å²) in [5.41, 5.74) is 0.00557. The average molecular weight is 239 g/mol. The molecule has 1 aromatic rings. The van der Waals surface area contributed by atoms with Gasteiger partial charge in [-0.3, -0.25) is 0 Å². The van der Waals surface area contributed by atoms with Gasteiger partial charge >= 0.3 is 0 Å². The van der Waals surface area contributed by atoms with Crippen LogP contribution in [-0.2, 0) is 5.54 Å². The van der Waals surface area contributed by atoms with Crippen LogP contribution >= 0.6 is 11.3 Å². The monoisotopic (exact) mass is 239 g/mol. The molecule has 1 saturated heterocycles. The summed E-state index contributed by atoms with van der Waals surface area (Å²) in [7, 11) is 0. The van der Waals surface area contributed by atoms with Crippen LogP contribution in [0.15, 0.2) is 11.6 Å². The molecule has 4 heteroatoms. The Labute approximate surface area is 102 Å². The first-order valence-electron chi connectivity index (χ1n) is 6.04. The topological polar surface area (TPSA) is 37.0 Å². The zero-order valence-electron chi connectivity index (χ0n) is 10.1. The van der Waals surface area contributed by atoms with Gasteiger partial charge in [-0.05, 0) is 45.7 Å². The molecule has 90 valence electrons. The summed E-state index contributed by atoms with van der Waals surface area (Å²) in [6, 6.07) is 0. The second kappa shape index (κ2) is 5.25. The molecular formula is C12H21N3S. The van der Waals surface area contributed by atoms with Gasteiger partial charge in [-0.15, -0.1) is 11.3 Å². The summed E-state index contributed by atoms with van der Waals surface area (Å²) in [6.45, 7) is 7.84. The van der Waals surface area contributed by atoms with E-state index in [1.165, 1.54) is 24.4 Å². The molecule has 3 nitrogen and oxygen atoms in total. The third-order valence-electron chi connectivity index (χ3n) is 3.20. The fourth-order valence-electron chi connectivity index (χ4n) is 2.11. The van der Waals surface area contributed by atoms with Crippen molar-refractivity contribution in [2.24, 2.45) is 5.92 Å². The van der Waals surface area contributed by atoms with Crippen LogP contribution < -0.4 is 10.6 Å². The van der Waals surface area contributed by atoms with E-state index in [0.29, 0.717) is 0 Å². The molecule has 0 amide bonds. The van der Waals surface area contributed by atoms with Crippen LogP contribution in [0.3, 0.4) is 0 Å². The number of piperidine rings is 1. The number of hydrogen-bond donors (Lipinski definition) is 2. The lowest BCUT2D eigenvalue weighted by Crippen LogP contribution is -2.43. The molecule has 0 spiro atoms. The van der Waals surface area contributed by atoms with Crippen molar-refractivity contribution in [1.82, 2.24) is 15.6 Å². The van der Waals surface area contributed by atoms with E-state index < -0.39 is 0 Å². The molecule has 0 radical (unpaired) electrons. The van der Waals surface area contributed by atoms with Crippen LogP contribution in [-0.4, -0.2) is 24.6 Å². The second-order valence-corrected chi connectivity index (χ2v) is 5.95. The molecule has 1 fully saturated rings. The standard InChI is InChI=1S/C12H21N3S/c1-12(2,11-14-6-7-16-11)15-9-10-4-3-5-13-8-10/h6-7,10,13,15H,3-5,8-9H2,1-2H3. The zero-order valence-corrected chi connectivity index (χ0v) is 10.9. The Bertz CT molecular complexity index is 302. The highest BCUT2D eigenvalue weighted by molar-refractivity contribution is 7.09. The Morgan fingerprint density at radius 3 is 3.12 bits per heavy atom. The molecule has 2 rings (SSSR count). The van der Waals surface area contributed by atoms with Gasteiger partial charge in [-0.25, -0.2) is 4.98 Å². The molecule has 1 aliphatic heterocycles. The Morgan fingerprint density at radius 2 is 2.50 bits per heavy atom. The summed E-state index contributed by atoms with van der Waals surface area (Å²) >= 11 is 1.73. The molecule has 1 atom stereocenters. The summed E-state index contributed by atoms with van der Waals surface area (Å²) in [6.07, 6.45) is 4.53. The van der Waals surface area contributed by atoms with Gasteiger partial charge < -0.3 is 10.6 Å². The lowest BCUT2D eigenvalue weighted by atomic mass is 9.97. The normalized spacial score (nSPS) is 22.2. The Morgan fingerprint density at radius 1 is 1.62 bits per heavy atom. The van der Waals surface area contributed by atoms with Gasteiger partial charge in [-0.1, -0.05) is 0 Å². The quantitative estimate of drug-likeness (QED) is 0.843. The van der Waals surface area contributed by atoms with Gasteiger partial charge in [-0.2, -0.15) is 0 Å². The molecule has 1 unspecified atom stereocenters. The molecule has 1 aromatic heterocycles. The van der Waals surface area contributed by atoms with Crippen LogP contribution in [0, 0.1) is 5.92 Å². The maximum Gasteiger partial charge on any atom is 0.112 e. The smallest absolute Gasteiger partial charge is 0.112 e. The molecule has 1 aliphatic rings. The first-order valence-corrected chi connectivity index (χ1v) is 6.92. The molecule has 0 aromatic carbocycles. The molecule has 0 saturated carbocycles. The van der Waals surface area contributed by atoms with Crippen molar-refractivity contribution >= 4 is 11.3 Å². The minimum atomic E-state index is 0.00557. The molecule has 2 N–H and O–H groups in total. The number of aromatic nitrogens is 1. The van der Waals surface area contributed by atoms with Crippen molar-refractivity contribution in [3.63, 3.8) is 0 Å². The molecule has 0 aliphatic carbocycles. The first kappa shape index (κ1) is 12.0. The van der Waals surface area contributed by atoms with Gasteiger partial charge in [0.25, 0.3) is 0 Å². The van der Waals surface area contributed by atoms with E-state index >= 15 is 0 Å². The summed E-state index contributed by atoms with van der Waals surface area (Å²) in [5.74, 6) is 0.771. The van der Waals surface area contributed by atoms with Gasteiger partial charge in [0, 0.05) is 18.1 Å². The molecule has 0 bridgehead atoms. The lowest BCUT2D eigenvalue weighted by Gasteiger charge is -2.29. The van der Waals surface area contributed by atoms with Crippen molar-refractivity contribution in [3.8, 4) is 0 Å². The number of thiazole rings is 1. The highest BCUT2D eigenvalue weighted by Gasteiger charge is 2.24. The van der Waals surface area contributed by atoms with Crippen LogP contribution in [0.1, 0.15) is 31.7 Å². The van der Waals surface area contributed by atoms with Crippen LogP contribution in [0.25, 0.3) is 0 Å². The van der Waals surface area contributed by atoms with Gasteiger partial charge in [0.15, 0.2) is 0 Å². The van der Waals surface area contributed by atoms with Gasteiger partial charge in [0.05, 0.1) is 5.54 Å². The van der Waals surface area contributed by atoms with E-state index in [2.05, 4.69) is 29.5 Å². The second-order valence-electron chi connectivity index (χ2n) is 5.06. The predicted octanol–water partition coefficient (Wildman–Crippen LogP) is 1.97. The minimum Gasteiger partial charge on any atom is -0.316 e. The Balaban J connectivity index is 1.84. The maximum atomic E-state index is 4.39. The van der Waals surface area contributed by atoms with Gasteiger partial charge in [0.2, 0.25) is 0 Å². The van der Waals surface area contributed by atoms with Crippen LogP contribution in [0.5, 0.6) is 0 Å². The minimum absolute atomic E-state index is 0.00557. The van der Waals surface area contributed by atoms with Gasteiger partial charge in [0.1, 0.15) is 5.01 Å². The fraction of sp³-hybridized carbons (Fsp3) is 0.750. The van der Waals surface area contributed by atoms with E-state index in [9.17, 15) is 0 Å². The first-order chi connectivity index (χ1) is 7.68.